The lowest BCUT2D eigenvalue weighted by Gasteiger charge is -2.07. The van der Waals surface area contributed by atoms with Gasteiger partial charge < -0.3 is 10.4 Å². The Bertz CT molecular complexity index is 856. The third-order valence-corrected chi connectivity index (χ3v) is 4.33. The summed E-state index contributed by atoms with van der Waals surface area (Å²) in [6.07, 6.45) is 0. The largest absolute Gasteiger partial charge is 0.478 e. The van der Waals surface area contributed by atoms with Crippen LogP contribution in [0.15, 0.2) is 53.9 Å². The van der Waals surface area contributed by atoms with Gasteiger partial charge in [0.05, 0.1) is 0 Å². The molecule has 0 fully saturated rings. The number of anilines is 2. The van der Waals surface area contributed by atoms with Gasteiger partial charge in [0.25, 0.3) is 0 Å². The molecule has 23 heavy (non-hydrogen) atoms. The highest BCUT2D eigenvalue weighted by molar-refractivity contribution is 7.15. The smallest absolute Gasteiger partial charge is 0.339 e. The van der Waals surface area contributed by atoms with E-state index in [0.717, 1.165) is 11.3 Å². The maximum atomic E-state index is 13.1. The van der Waals surface area contributed by atoms with E-state index in [9.17, 15) is 14.3 Å². The summed E-state index contributed by atoms with van der Waals surface area (Å²) in [5.74, 6) is -1.36. The molecule has 1 heterocycles. The number of benzene rings is 2. The Morgan fingerprint density at radius 3 is 2.57 bits per heavy atom. The van der Waals surface area contributed by atoms with Crippen LogP contribution < -0.4 is 5.32 Å². The average molecular weight is 327 g/mol. The van der Waals surface area contributed by atoms with E-state index in [2.05, 4.69) is 5.32 Å². The zero-order chi connectivity index (χ0) is 16.4. The zero-order valence-electron chi connectivity index (χ0n) is 12.3. The average Bonchev–Trinajstić information content (AvgIpc) is 2.92. The molecule has 0 aliphatic rings. The second-order valence-electron chi connectivity index (χ2n) is 5.16. The van der Waals surface area contributed by atoms with E-state index in [0.29, 0.717) is 16.1 Å². The van der Waals surface area contributed by atoms with Gasteiger partial charge in [-0.25, -0.2) is 9.18 Å². The van der Waals surface area contributed by atoms with Crippen molar-refractivity contribution in [1.29, 1.82) is 0 Å². The van der Waals surface area contributed by atoms with Crippen molar-refractivity contribution in [2.45, 2.75) is 6.92 Å². The van der Waals surface area contributed by atoms with Crippen LogP contribution in [0.2, 0.25) is 0 Å². The van der Waals surface area contributed by atoms with Gasteiger partial charge in [0, 0.05) is 16.6 Å². The van der Waals surface area contributed by atoms with Crippen LogP contribution >= 0.6 is 11.3 Å². The van der Waals surface area contributed by atoms with Crippen LogP contribution in [0.25, 0.3) is 11.1 Å². The van der Waals surface area contributed by atoms with Gasteiger partial charge in [0.2, 0.25) is 0 Å². The van der Waals surface area contributed by atoms with Crippen molar-refractivity contribution in [3.63, 3.8) is 0 Å². The Hall–Kier alpha value is -2.66. The molecule has 0 aliphatic carbocycles. The van der Waals surface area contributed by atoms with Crippen LogP contribution in [0.5, 0.6) is 0 Å². The minimum Gasteiger partial charge on any atom is -0.478 e. The lowest BCUT2D eigenvalue weighted by atomic mass is 10.0. The molecule has 0 unspecified atom stereocenters. The molecule has 2 aromatic carbocycles. The van der Waals surface area contributed by atoms with Gasteiger partial charge in [-0.3, -0.25) is 0 Å². The van der Waals surface area contributed by atoms with Crippen LogP contribution in [0.3, 0.4) is 0 Å². The molecule has 0 bridgehead atoms. The molecule has 0 saturated carbocycles. The van der Waals surface area contributed by atoms with E-state index < -0.39 is 5.97 Å². The predicted octanol–water partition coefficient (Wildman–Crippen LogP) is 5.30. The summed E-state index contributed by atoms with van der Waals surface area (Å²) in [6, 6.07) is 13.5. The first-order chi connectivity index (χ1) is 11.0. The summed E-state index contributed by atoms with van der Waals surface area (Å²) in [5.41, 5.74) is 3.38. The minimum atomic E-state index is -1.01. The molecule has 3 aromatic rings. The highest BCUT2D eigenvalue weighted by atomic mass is 32.1. The lowest BCUT2D eigenvalue weighted by Crippen LogP contribution is -2.01. The predicted molar refractivity (Wildman–Crippen MR) is 91.1 cm³/mol. The summed E-state index contributed by atoms with van der Waals surface area (Å²) in [4.78, 5) is 11.7. The number of aromatic carboxylic acids is 1. The summed E-state index contributed by atoms with van der Waals surface area (Å²) in [7, 11) is 0. The molecular formula is C18H14FNO2S. The fraction of sp³-hybridized carbons (Fsp3) is 0.0556. The monoisotopic (exact) mass is 327 g/mol. The van der Waals surface area contributed by atoms with Gasteiger partial charge in [0.15, 0.2) is 0 Å². The molecule has 5 heteroatoms. The highest BCUT2D eigenvalue weighted by Crippen LogP contribution is 2.37. The van der Waals surface area contributed by atoms with Crippen molar-refractivity contribution in [3.05, 3.63) is 70.9 Å². The van der Waals surface area contributed by atoms with Gasteiger partial charge in [-0.15, -0.1) is 11.3 Å². The molecule has 2 N–H and O–H groups in total. The normalized spacial score (nSPS) is 10.5. The third-order valence-electron chi connectivity index (χ3n) is 3.44. The fourth-order valence-corrected chi connectivity index (χ4v) is 3.34. The van der Waals surface area contributed by atoms with Crippen LogP contribution in [0.4, 0.5) is 15.1 Å². The van der Waals surface area contributed by atoms with E-state index >= 15 is 0 Å². The molecule has 0 atom stereocenters. The minimum absolute atomic E-state index is 0.197. The van der Waals surface area contributed by atoms with E-state index in [1.807, 2.05) is 31.2 Å². The zero-order valence-corrected chi connectivity index (χ0v) is 13.2. The van der Waals surface area contributed by atoms with E-state index in [-0.39, 0.29) is 11.4 Å². The number of nitrogens with one attached hydrogen (secondary N) is 1. The SMILES string of the molecule is Cc1cccc(Nc2scc(-c3ccc(F)cc3)c2C(=O)O)c1. The maximum Gasteiger partial charge on any atom is 0.339 e. The quantitative estimate of drug-likeness (QED) is 0.683. The standard InChI is InChI=1S/C18H14FNO2S/c1-11-3-2-4-14(9-11)20-17-16(18(21)22)15(10-23-17)12-5-7-13(19)8-6-12/h2-10,20H,1H3,(H,21,22). The van der Waals surface area contributed by atoms with Crippen LogP contribution in [0, 0.1) is 12.7 Å². The van der Waals surface area contributed by atoms with Crippen molar-refractivity contribution < 1.29 is 14.3 Å². The highest BCUT2D eigenvalue weighted by Gasteiger charge is 2.19. The Balaban J connectivity index is 2.02. The summed E-state index contributed by atoms with van der Waals surface area (Å²) < 4.78 is 13.1. The second kappa shape index (κ2) is 6.22. The Kier molecular flexibility index (Phi) is 4.12. The second-order valence-corrected chi connectivity index (χ2v) is 6.04. The number of carboxylic acid groups (broad SMARTS) is 1. The van der Waals surface area contributed by atoms with Crippen molar-refractivity contribution >= 4 is 28.0 Å². The van der Waals surface area contributed by atoms with Gasteiger partial charge in [0.1, 0.15) is 16.4 Å². The number of hydrogen-bond donors (Lipinski definition) is 2. The molecule has 0 amide bonds. The maximum absolute atomic E-state index is 13.1. The number of hydrogen-bond acceptors (Lipinski definition) is 3. The summed E-state index contributed by atoms with van der Waals surface area (Å²) in [6.45, 7) is 1.97. The van der Waals surface area contributed by atoms with E-state index in [4.69, 9.17) is 0 Å². The molecular weight excluding hydrogens is 313 g/mol. The van der Waals surface area contributed by atoms with E-state index in [1.54, 1.807) is 17.5 Å². The van der Waals surface area contributed by atoms with Crippen LogP contribution in [-0.4, -0.2) is 11.1 Å². The molecule has 0 spiro atoms. The summed E-state index contributed by atoms with van der Waals surface area (Å²) in [5, 5.41) is 15.1. The molecule has 0 saturated heterocycles. The number of halogens is 1. The molecule has 1 aromatic heterocycles. The van der Waals surface area contributed by atoms with Crippen molar-refractivity contribution in [1.82, 2.24) is 0 Å². The first-order valence-corrected chi connectivity index (χ1v) is 7.87. The fourth-order valence-electron chi connectivity index (χ4n) is 2.36. The lowest BCUT2D eigenvalue weighted by molar-refractivity contribution is 0.0699. The van der Waals surface area contributed by atoms with Crippen molar-refractivity contribution in [2.75, 3.05) is 5.32 Å². The van der Waals surface area contributed by atoms with Crippen molar-refractivity contribution in [3.8, 4) is 11.1 Å². The van der Waals surface area contributed by atoms with Crippen LogP contribution in [-0.2, 0) is 0 Å². The number of carbonyl (C=O) groups is 1. The first-order valence-electron chi connectivity index (χ1n) is 6.99. The van der Waals surface area contributed by atoms with E-state index in [1.165, 1.54) is 23.5 Å². The van der Waals surface area contributed by atoms with Crippen molar-refractivity contribution in [2.24, 2.45) is 0 Å². The van der Waals surface area contributed by atoms with Gasteiger partial charge in [-0.1, -0.05) is 24.3 Å². The number of thiophene rings is 1. The summed E-state index contributed by atoms with van der Waals surface area (Å²) >= 11 is 1.32. The Morgan fingerprint density at radius 2 is 1.91 bits per heavy atom. The molecule has 116 valence electrons. The molecule has 0 radical (unpaired) electrons. The number of rotatable bonds is 4. The topological polar surface area (TPSA) is 49.3 Å². The molecule has 3 nitrogen and oxygen atoms in total. The molecule has 0 aliphatic heterocycles. The van der Waals surface area contributed by atoms with Crippen LogP contribution in [0.1, 0.15) is 15.9 Å². The van der Waals surface area contributed by atoms with Gasteiger partial charge in [-0.05, 0) is 42.3 Å². The molecule has 3 rings (SSSR count). The Morgan fingerprint density at radius 1 is 1.17 bits per heavy atom. The van der Waals surface area contributed by atoms with Gasteiger partial charge >= 0.3 is 5.97 Å². The number of aryl methyl sites for hydroxylation is 1. The third kappa shape index (κ3) is 3.24. The Labute approximate surface area is 137 Å². The number of carboxylic acids is 1. The van der Waals surface area contributed by atoms with Gasteiger partial charge in [-0.2, -0.15) is 0 Å². The first kappa shape index (κ1) is 15.2.